The van der Waals surface area contributed by atoms with Crippen molar-refractivity contribution in [3.8, 4) is 0 Å². The van der Waals surface area contributed by atoms with Gasteiger partial charge in [0.2, 0.25) is 0 Å². The Kier molecular flexibility index (Phi) is 3.72. The van der Waals surface area contributed by atoms with E-state index in [-0.39, 0.29) is 0 Å². The van der Waals surface area contributed by atoms with E-state index in [1.54, 1.807) is 0 Å². The quantitative estimate of drug-likeness (QED) is 0.923. The summed E-state index contributed by atoms with van der Waals surface area (Å²) in [4.78, 5) is 4.25. The van der Waals surface area contributed by atoms with Crippen molar-refractivity contribution in [1.29, 1.82) is 0 Å². The average Bonchev–Trinajstić information content (AvgIpc) is 2.93. The Labute approximate surface area is 120 Å². The lowest BCUT2D eigenvalue weighted by Crippen LogP contribution is -2.24. The molecule has 0 amide bonds. The number of nitrogens with zero attached hydrogens (tertiary/aromatic N) is 3. The highest BCUT2D eigenvalue weighted by atomic mass is 15.4. The number of aromatic nitrogens is 3. The second kappa shape index (κ2) is 5.65. The van der Waals surface area contributed by atoms with E-state index >= 15 is 0 Å². The third-order valence-corrected chi connectivity index (χ3v) is 4.25. The number of pyridine rings is 1. The summed E-state index contributed by atoms with van der Waals surface area (Å²) < 4.78 is 2.15. The summed E-state index contributed by atoms with van der Waals surface area (Å²) in [6.45, 7) is 5.46. The standard InChI is InChI=1S/C16H22N4/c1-3-12(4-2)14-10-16-18-9-7-15(20(16)19-14)13-6-5-8-17-11-13/h5-6,8,10-12,15,18H,3-4,7,9H2,1-2H3. The second-order valence-corrected chi connectivity index (χ2v) is 5.43. The molecule has 2 aromatic rings. The molecule has 1 aliphatic heterocycles. The van der Waals surface area contributed by atoms with Crippen LogP contribution in [0.25, 0.3) is 0 Å². The van der Waals surface area contributed by atoms with Crippen LogP contribution in [0.15, 0.2) is 30.6 Å². The van der Waals surface area contributed by atoms with Gasteiger partial charge in [0.25, 0.3) is 0 Å². The van der Waals surface area contributed by atoms with Gasteiger partial charge in [0.15, 0.2) is 0 Å². The van der Waals surface area contributed by atoms with Crippen LogP contribution in [0.2, 0.25) is 0 Å². The van der Waals surface area contributed by atoms with E-state index in [0.29, 0.717) is 12.0 Å². The summed E-state index contributed by atoms with van der Waals surface area (Å²) in [6.07, 6.45) is 7.13. The van der Waals surface area contributed by atoms with Gasteiger partial charge in [-0.2, -0.15) is 5.10 Å². The maximum absolute atomic E-state index is 4.88. The topological polar surface area (TPSA) is 42.7 Å². The predicted octanol–water partition coefficient (Wildman–Crippen LogP) is 3.59. The largest absolute Gasteiger partial charge is 0.370 e. The summed E-state index contributed by atoms with van der Waals surface area (Å²) in [5, 5.41) is 8.34. The first-order valence-corrected chi connectivity index (χ1v) is 7.56. The molecular formula is C16H22N4. The van der Waals surface area contributed by atoms with Gasteiger partial charge in [0, 0.05) is 30.9 Å². The van der Waals surface area contributed by atoms with Crippen LogP contribution in [-0.2, 0) is 0 Å². The van der Waals surface area contributed by atoms with Crippen LogP contribution < -0.4 is 5.32 Å². The molecule has 4 heteroatoms. The molecular weight excluding hydrogens is 248 g/mol. The molecule has 0 saturated heterocycles. The van der Waals surface area contributed by atoms with Gasteiger partial charge >= 0.3 is 0 Å². The van der Waals surface area contributed by atoms with Gasteiger partial charge < -0.3 is 5.32 Å². The summed E-state index contributed by atoms with van der Waals surface area (Å²) in [5.74, 6) is 1.71. The maximum Gasteiger partial charge on any atom is 0.125 e. The Balaban J connectivity index is 1.96. The number of hydrogen-bond donors (Lipinski definition) is 1. The molecule has 4 nitrogen and oxygen atoms in total. The summed E-state index contributed by atoms with van der Waals surface area (Å²) in [7, 11) is 0. The lowest BCUT2D eigenvalue weighted by molar-refractivity contribution is 0.470. The summed E-state index contributed by atoms with van der Waals surface area (Å²) in [5.41, 5.74) is 2.46. The number of nitrogens with one attached hydrogen (secondary N) is 1. The average molecular weight is 270 g/mol. The van der Waals surface area contributed by atoms with E-state index in [2.05, 4.69) is 41.0 Å². The molecule has 3 rings (SSSR count). The van der Waals surface area contributed by atoms with Gasteiger partial charge in [0.05, 0.1) is 11.7 Å². The van der Waals surface area contributed by atoms with Crippen molar-refractivity contribution in [1.82, 2.24) is 14.8 Å². The minimum atomic E-state index is 0.308. The summed E-state index contributed by atoms with van der Waals surface area (Å²) >= 11 is 0. The third kappa shape index (κ3) is 2.30. The molecule has 3 heterocycles. The molecule has 20 heavy (non-hydrogen) atoms. The zero-order valence-electron chi connectivity index (χ0n) is 12.2. The highest BCUT2D eigenvalue weighted by Crippen LogP contribution is 2.32. The molecule has 106 valence electrons. The van der Waals surface area contributed by atoms with Crippen molar-refractivity contribution < 1.29 is 0 Å². The lowest BCUT2D eigenvalue weighted by Gasteiger charge is -2.25. The molecule has 0 aromatic carbocycles. The second-order valence-electron chi connectivity index (χ2n) is 5.43. The molecule has 0 radical (unpaired) electrons. The van der Waals surface area contributed by atoms with Gasteiger partial charge in [-0.3, -0.25) is 4.98 Å². The Morgan fingerprint density at radius 2 is 2.25 bits per heavy atom. The first-order chi connectivity index (χ1) is 9.83. The van der Waals surface area contributed by atoms with Crippen LogP contribution in [0, 0.1) is 0 Å². The molecule has 1 atom stereocenters. The zero-order valence-corrected chi connectivity index (χ0v) is 12.2. The highest BCUT2D eigenvalue weighted by molar-refractivity contribution is 5.42. The van der Waals surface area contributed by atoms with Gasteiger partial charge in [-0.25, -0.2) is 4.68 Å². The molecule has 0 fully saturated rings. The van der Waals surface area contributed by atoms with Crippen molar-refractivity contribution in [2.75, 3.05) is 11.9 Å². The van der Waals surface area contributed by atoms with Crippen LogP contribution in [0.3, 0.4) is 0 Å². The first kappa shape index (κ1) is 13.2. The van der Waals surface area contributed by atoms with Gasteiger partial charge in [-0.1, -0.05) is 19.9 Å². The van der Waals surface area contributed by atoms with Gasteiger partial charge in [-0.15, -0.1) is 0 Å². The number of fused-ring (bicyclic) bond motifs is 1. The van der Waals surface area contributed by atoms with Crippen LogP contribution in [0.5, 0.6) is 0 Å². The maximum atomic E-state index is 4.88. The molecule has 0 aliphatic carbocycles. The molecule has 1 aliphatic rings. The number of rotatable bonds is 4. The minimum absolute atomic E-state index is 0.308. The van der Waals surface area contributed by atoms with E-state index in [9.17, 15) is 0 Å². The highest BCUT2D eigenvalue weighted by Gasteiger charge is 2.24. The van der Waals surface area contributed by atoms with Crippen molar-refractivity contribution in [2.24, 2.45) is 0 Å². The van der Waals surface area contributed by atoms with Crippen molar-refractivity contribution >= 4 is 5.82 Å². The van der Waals surface area contributed by atoms with E-state index < -0.39 is 0 Å². The number of hydrogen-bond acceptors (Lipinski definition) is 3. The Bertz CT molecular complexity index is 557. The molecule has 1 N–H and O–H groups in total. The normalized spacial score (nSPS) is 17.9. The van der Waals surface area contributed by atoms with E-state index in [0.717, 1.165) is 31.6 Å². The summed E-state index contributed by atoms with van der Waals surface area (Å²) in [6, 6.07) is 6.68. The monoisotopic (exact) mass is 270 g/mol. The third-order valence-electron chi connectivity index (χ3n) is 4.25. The zero-order chi connectivity index (χ0) is 13.9. The van der Waals surface area contributed by atoms with Gasteiger partial charge in [-0.05, 0) is 30.9 Å². The molecule has 0 spiro atoms. The van der Waals surface area contributed by atoms with Crippen LogP contribution in [0.4, 0.5) is 5.82 Å². The lowest BCUT2D eigenvalue weighted by atomic mass is 10.00. The van der Waals surface area contributed by atoms with E-state index in [1.165, 1.54) is 11.3 Å². The van der Waals surface area contributed by atoms with Crippen LogP contribution >= 0.6 is 0 Å². The van der Waals surface area contributed by atoms with Gasteiger partial charge in [0.1, 0.15) is 5.82 Å². The smallest absolute Gasteiger partial charge is 0.125 e. The Morgan fingerprint density at radius 3 is 2.95 bits per heavy atom. The van der Waals surface area contributed by atoms with E-state index in [1.807, 2.05) is 18.5 Å². The van der Waals surface area contributed by atoms with Crippen molar-refractivity contribution in [2.45, 2.75) is 45.1 Å². The van der Waals surface area contributed by atoms with Crippen molar-refractivity contribution in [3.63, 3.8) is 0 Å². The molecule has 0 saturated carbocycles. The number of anilines is 1. The molecule has 1 unspecified atom stereocenters. The first-order valence-electron chi connectivity index (χ1n) is 7.56. The fourth-order valence-electron chi connectivity index (χ4n) is 3.03. The molecule has 0 bridgehead atoms. The Hall–Kier alpha value is -1.84. The Morgan fingerprint density at radius 1 is 1.40 bits per heavy atom. The van der Waals surface area contributed by atoms with Crippen LogP contribution in [0.1, 0.15) is 56.3 Å². The molecule has 2 aromatic heterocycles. The fourth-order valence-corrected chi connectivity index (χ4v) is 3.03. The van der Waals surface area contributed by atoms with Crippen LogP contribution in [-0.4, -0.2) is 21.3 Å². The fraction of sp³-hybridized carbons (Fsp3) is 0.500. The SMILES string of the molecule is CCC(CC)c1cc2n(n1)C(c1cccnc1)CCN2. The minimum Gasteiger partial charge on any atom is -0.370 e. The predicted molar refractivity (Wildman–Crippen MR) is 81.0 cm³/mol. The van der Waals surface area contributed by atoms with Crippen molar-refractivity contribution in [3.05, 3.63) is 41.9 Å². The van der Waals surface area contributed by atoms with E-state index in [4.69, 9.17) is 5.10 Å².